The van der Waals surface area contributed by atoms with Gasteiger partial charge in [0.25, 0.3) is 5.91 Å². The molecular formula is C12H11NOS3. The predicted octanol–water partition coefficient (Wildman–Crippen LogP) is 3.24. The average molecular weight is 281 g/mol. The first kappa shape index (κ1) is 12.7. The minimum atomic E-state index is -0.0195. The van der Waals surface area contributed by atoms with Gasteiger partial charge in [-0.15, -0.1) is 11.8 Å². The average Bonchev–Trinajstić information content (AvgIpc) is 2.58. The zero-order chi connectivity index (χ0) is 12.4. The van der Waals surface area contributed by atoms with Crippen molar-refractivity contribution in [1.82, 2.24) is 4.90 Å². The van der Waals surface area contributed by atoms with Gasteiger partial charge in [0.15, 0.2) is 0 Å². The summed E-state index contributed by atoms with van der Waals surface area (Å²) in [4.78, 5) is 15.2. The molecule has 2 nitrogen and oxygen atoms in total. The van der Waals surface area contributed by atoms with Crippen LogP contribution in [0.3, 0.4) is 0 Å². The van der Waals surface area contributed by atoms with Gasteiger partial charge in [0.05, 0.1) is 4.91 Å². The van der Waals surface area contributed by atoms with Gasteiger partial charge in [0.1, 0.15) is 4.32 Å². The number of thioether (sulfide) groups is 2. The lowest BCUT2D eigenvalue weighted by Crippen LogP contribution is -2.22. The molecule has 1 fully saturated rings. The second-order valence-electron chi connectivity index (χ2n) is 3.51. The maximum atomic E-state index is 11.8. The lowest BCUT2D eigenvalue weighted by atomic mass is 10.2. The number of benzene rings is 1. The van der Waals surface area contributed by atoms with Crippen molar-refractivity contribution in [2.24, 2.45) is 0 Å². The SMILES string of the molecule is CSc1ccc(/C=C2\SC(=S)N(C)C2=O)cc1. The highest BCUT2D eigenvalue weighted by Crippen LogP contribution is 2.31. The first-order valence-electron chi connectivity index (χ1n) is 4.97. The highest BCUT2D eigenvalue weighted by atomic mass is 32.2. The topological polar surface area (TPSA) is 20.3 Å². The van der Waals surface area contributed by atoms with Crippen molar-refractivity contribution in [2.75, 3.05) is 13.3 Å². The van der Waals surface area contributed by atoms with Crippen molar-refractivity contribution in [3.05, 3.63) is 34.7 Å². The Morgan fingerprint density at radius 1 is 1.35 bits per heavy atom. The van der Waals surface area contributed by atoms with Crippen LogP contribution in [0.25, 0.3) is 6.08 Å². The first-order valence-corrected chi connectivity index (χ1v) is 7.42. The Morgan fingerprint density at radius 3 is 2.47 bits per heavy atom. The van der Waals surface area contributed by atoms with Crippen molar-refractivity contribution >= 4 is 52.0 Å². The van der Waals surface area contributed by atoms with Gasteiger partial charge in [0.2, 0.25) is 0 Å². The fourth-order valence-corrected chi connectivity index (χ4v) is 2.98. The van der Waals surface area contributed by atoms with Crippen LogP contribution < -0.4 is 0 Å². The fraction of sp³-hybridized carbons (Fsp3) is 0.167. The molecule has 1 saturated heterocycles. The molecule has 0 atom stereocenters. The number of carbonyl (C=O) groups excluding carboxylic acids is 1. The number of nitrogens with zero attached hydrogens (tertiary/aromatic N) is 1. The Hall–Kier alpha value is -0.780. The van der Waals surface area contributed by atoms with Gasteiger partial charge in [-0.05, 0) is 30.0 Å². The van der Waals surface area contributed by atoms with Crippen LogP contribution in [0, 0.1) is 0 Å². The molecule has 5 heteroatoms. The molecule has 0 spiro atoms. The number of rotatable bonds is 2. The molecule has 1 heterocycles. The van der Waals surface area contributed by atoms with Crippen molar-refractivity contribution < 1.29 is 4.79 Å². The summed E-state index contributed by atoms with van der Waals surface area (Å²) in [6.45, 7) is 0. The van der Waals surface area contributed by atoms with Gasteiger partial charge < -0.3 is 0 Å². The summed E-state index contributed by atoms with van der Waals surface area (Å²) in [5.74, 6) is -0.0195. The second-order valence-corrected chi connectivity index (χ2v) is 6.07. The molecular weight excluding hydrogens is 270 g/mol. The summed E-state index contributed by atoms with van der Waals surface area (Å²) in [5, 5.41) is 0. The molecule has 0 aliphatic carbocycles. The van der Waals surface area contributed by atoms with E-state index in [4.69, 9.17) is 12.2 Å². The van der Waals surface area contributed by atoms with Crippen LogP contribution in [0.5, 0.6) is 0 Å². The Bertz CT molecular complexity index is 493. The molecule has 0 radical (unpaired) electrons. The summed E-state index contributed by atoms with van der Waals surface area (Å²) in [6, 6.07) is 8.11. The minimum Gasteiger partial charge on any atom is -0.296 e. The van der Waals surface area contributed by atoms with Gasteiger partial charge in [0, 0.05) is 11.9 Å². The van der Waals surface area contributed by atoms with E-state index in [0.29, 0.717) is 9.23 Å². The molecule has 0 bridgehead atoms. The van der Waals surface area contributed by atoms with Crippen molar-refractivity contribution in [2.45, 2.75) is 4.90 Å². The molecule has 17 heavy (non-hydrogen) atoms. The Labute approximate surface area is 114 Å². The molecule has 1 aliphatic heterocycles. The number of thiocarbonyl (C=S) groups is 1. The zero-order valence-corrected chi connectivity index (χ0v) is 11.9. The maximum Gasteiger partial charge on any atom is 0.265 e. The lowest BCUT2D eigenvalue weighted by molar-refractivity contribution is -0.121. The molecule has 88 valence electrons. The summed E-state index contributed by atoms with van der Waals surface area (Å²) < 4.78 is 0.613. The quantitative estimate of drug-likeness (QED) is 0.471. The number of carbonyl (C=O) groups is 1. The molecule has 2 rings (SSSR count). The predicted molar refractivity (Wildman–Crippen MR) is 79.2 cm³/mol. The van der Waals surface area contributed by atoms with Crippen LogP contribution in [0.4, 0.5) is 0 Å². The Morgan fingerprint density at radius 2 is 2.00 bits per heavy atom. The van der Waals surface area contributed by atoms with Gasteiger partial charge in [-0.3, -0.25) is 9.69 Å². The molecule has 0 saturated carbocycles. The molecule has 0 N–H and O–H groups in total. The smallest absolute Gasteiger partial charge is 0.265 e. The van der Waals surface area contributed by atoms with E-state index >= 15 is 0 Å². The lowest BCUT2D eigenvalue weighted by Gasteiger charge is -2.03. The van der Waals surface area contributed by atoms with E-state index in [9.17, 15) is 4.79 Å². The van der Waals surface area contributed by atoms with Crippen LogP contribution in [0.2, 0.25) is 0 Å². The third-order valence-electron chi connectivity index (χ3n) is 2.40. The van der Waals surface area contributed by atoms with Gasteiger partial charge in [-0.1, -0.05) is 36.1 Å². The largest absolute Gasteiger partial charge is 0.296 e. The highest BCUT2D eigenvalue weighted by molar-refractivity contribution is 8.26. The van der Waals surface area contributed by atoms with Crippen molar-refractivity contribution in [3.63, 3.8) is 0 Å². The third kappa shape index (κ3) is 2.73. The number of amides is 1. The van der Waals surface area contributed by atoms with E-state index in [0.717, 1.165) is 5.56 Å². The third-order valence-corrected chi connectivity index (χ3v) is 4.63. The monoisotopic (exact) mass is 281 g/mol. The Kier molecular flexibility index (Phi) is 3.91. The second kappa shape index (κ2) is 5.25. The van der Waals surface area contributed by atoms with E-state index in [2.05, 4.69) is 0 Å². The first-order chi connectivity index (χ1) is 8.11. The van der Waals surface area contributed by atoms with Crippen LogP contribution in [0.15, 0.2) is 34.1 Å². The molecule has 0 aromatic heterocycles. The standard InChI is InChI=1S/C12H11NOS3/c1-13-11(14)10(17-12(13)15)7-8-3-5-9(16-2)6-4-8/h3-7H,1-2H3/b10-7-. The molecule has 1 aromatic carbocycles. The molecule has 1 aromatic rings. The van der Waals surface area contributed by atoms with Crippen molar-refractivity contribution in [3.8, 4) is 0 Å². The van der Waals surface area contributed by atoms with E-state index in [1.165, 1.54) is 21.6 Å². The number of hydrogen-bond acceptors (Lipinski definition) is 4. The van der Waals surface area contributed by atoms with E-state index < -0.39 is 0 Å². The summed E-state index contributed by atoms with van der Waals surface area (Å²) in [6.07, 6.45) is 3.92. The van der Waals surface area contributed by atoms with Gasteiger partial charge in [-0.2, -0.15) is 0 Å². The van der Waals surface area contributed by atoms with Crippen molar-refractivity contribution in [1.29, 1.82) is 0 Å². The van der Waals surface area contributed by atoms with Crippen LogP contribution in [-0.4, -0.2) is 28.4 Å². The van der Waals surface area contributed by atoms with Gasteiger partial charge >= 0.3 is 0 Å². The normalized spacial score (nSPS) is 18.2. The summed E-state index contributed by atoms with van der Waals surface area (Å²) in [7, 11) is 1.70. The van der Waals surface area contributed by atoms with E-state index in [1.807, 2.05) is 36.6 Å². The number of likely N-dealkylation sites (N-methyl/N-ethyl adjacent to an activating group) is 1. The minimum absolute atomic E-state index is 0.0195. The van der Waals surface area contributed by atoms with E-state index in [-0.39, 0.29) is 5.91 Å². The van der Waals surface area contributed by atoms with Gasteiger partial charge in [-0.25, -0.2) is 0 Å². The summed E-state index contributed by atoms with van der Waals surface area (Å²) in [5.41, 5.74) is 1.02. The molecule has 1 aliphatic rings. The fourth-order valence-electron chi connectivity index (χ4n) is 1.40. The number of hydrogen-bond donors (Lipinski definition) is 0. The zero-order valence-electron chi connectivity index (χ0n) is 9.47. The van der Waals surface area contributed by atoms with Crippen LogP contribution in [0.1, 0.15) is 5.56 Å². The Balaban J connectivity index is 2.24. The van der Waals surface area contributed by atoms with Crippen LogP contribution >= 0.6 is 35.7 Å². The molecule has 0 unspecified atom stereocenters. The van der Waals surface area contributed by atoms with E-state index in [1.54, 1.807) is 18.8 Å². The van der Waals surface area contributed by atoms with Crippen LogP contribution in [-0.2, 0) is 4.79 Å². The maximum absolute atomic E-state index is 11.8. The summed E-state index contributed by atoms with van der Waals surface area (Å²) >= 11 is 8.13. The highest BCUT2D eigenvalue weighted by Gasteiger charge is 2.28. The molecule has 1 amide bonds.